The first-order chi connectivity index (χ1) is 37.0. The van der Waals surface area contributed by atoms with E-state index in [1.807, 2.05) is 0 Å². The van der Waals surface area contributed by atoms with E-state index in [-0.39, 0.29) is 31.1 Å². The lowest BCUT2D eigenvalue weighted by atomic mass is 10.0. The van der Waals surface area contributed by atoms with Gasteiger partial charge in [0.1, 0.15) is 13.2 Å². The number of hydrogen-bond acceptors (Lipinski definition) is 6. The number of ether oxygens (including phenoxy) is 3. The fourth-order valence-corrected chi connectivity index (χ4v) is 10.4. The van der Waals surface area contributed by atoms with E-state index in [9.17, 15) is 14.4 Å². The summed E-state index contributed by atoms with van der Waals surface area (Å²) < 4.78 is 17.0. The zero-order chi connectivity index (χ0) is 54.3. The molecule has 0 saturated carbocycles. The Bertz CT molecular complexity index is 1210. The first-order valence-electron chi connectivity index (χ1n) is 33.8. The van der Waals surface area contributed by atoms with Crippen LogP contribution >= 0.6 is 0 Å². The molecule has 0 N–H and O–H groups in total. The van der Waals surface area contributed by atoms with Gasteiger partial charge in [0.2, 0.25) is 0 Å². The van der Waals surface area contributed by atoms with Crippen LogP contribution in [0.2, 0.25) is 0 Å². The normalized spacial score (nSPS) is 12.1. The highest BCUT2D eigenvalue weighted by atomic mass is 16.6. The molecule has 1 unspecified atom stereocenters. The number of rotatable bonds is 63. The summed E-state index contributed by atoms with van der Waals surface area (Å²) in [6, 6.07) is 0. The van der Waals surface area contributed by atoms with Gasteiger partial charge in [0.05, 0.1) is 0 Å². The van der Waals surface area contributed by atoms with Gasteiger partial charge in [0.15, 0.2) is 6.10 Å². The van der Waals surface area contributed by atoms with Crippen LogP contribution in [-0.4, -0.2) is 37.2 Å². The quantitative estimate of drug-likeness (QED) is 0.0261. The summed E-state index contributed by atoms with van der Waals surface area (Å²) in [6.45, 7) is 6.70. The van der Waals surface area contributed by atoms with E-state index in [0.717, 1.165) is 64.2 Å². The molecule has 6 heteroatoms. The van der Waals surface area contributed by atoms with Crippen LogP contribution in [0.5, 0.6) is 0 Å². The maximum absolute atomic E-state index is 12.9. The Balaban J connectivity index is 4.29. The van der Waals surface area contributed by atoms with Crippen molar-refractivity contribution in [2.75, 3.05) is 13.2 Å². The third kappa shape index (κ3) is 62.6. The number of carbonyl (C=O) groups excluding carboxylic acids is 3. The molecule has 1 atom stereocenters. The number of allylic oxidation sites excluding steroid dienone is 4. The van der Waals surface area contributed by atoms with Gasteiger partial charge in [-0.2, -0.15) is 0 Å². The van der Waals surface area contributed by atoms with Crippen molar-refractivity contribution in [3.05, 3.63) is 24.3 Å². The van der Waals surface area contributed by atoms with Crippen LogP contribution in [0.25, 0.3) is 0 Å². The Morgan fingerprint density at radius 2 is 0.480 bits per heavy atom. The van der Waals surface area contributed by atoms with Gasteiger partial charge in [0.25, 0.3) is 0 Å². The molecule has 0 spiro atoms. The number of esters is 3. The molecule has 0 aliphatic heterocycles. The van der Waals surface area contributed by atoms with Gasteiger partial charge in [-0.3, -0.25) is 14.4 Å². The Kier molecular flexibility index (Phi) is 62.6. The van der Waals surface area contributed by atoms with Gasteiger partial charge in [-0.1, -0.05) is 334 Å². The largest absolute Gasteiger partial charge is 0.462 e. The average Bonchev–Trinajstić information content (AvgIpc) is 3.41. The van der Waals surface area contributed by atoms with Crippen molar-refractivity contribution < 1.29 is 28.6 Å². The zero-order valence-electron chi connectivity index (χ0n) is 50.8. The third-order valence-corrected chi connectivity index (χ3v) is 15.5. The standard InChI is InChI=1S/C69H130O6/c1-4-7-10-13-16-19-22-25-28-31-33-34-35-37-38-41-44-47-50-53-56-59-62-68(71)74-65-66(64-73-67(70)61-58-55-52-49-46-43-40-30-27-24-21-18-15-12-9-6-3)75-69(72)63-60-57-54-51-48-45-42-39-36-32-29-26-23-20-17-14-11-8-5-2/h17,20,26,29,66H,4-16,18-19,21-25,27-28,30-65H2,1-3H3/b20-17-,29-26-. The average molecular weight is 1060 g/mol. The molecule has 75 heavy (non-hydrogen) atoms. The van der Waals surface area contributed by atoms with Gasteiger partial charge in [-0.05, 0) is 51.4 Å². The van der Waals surface area contributed by atoms with Crippen molar-refractivity contribution in [1.82, 2.24) is 0 Å². The van der Waals surface area contributed by atoms with Crippen molar-refractivity contribution in [1.29, 1.82) is 0 Å². The molecule has 0 saturated heterocycles. The van der Waals surface area contributed by atoms with E-state index < -0.39 is 6.10 Å². The van der Waals surface area contributed by atoms with E-state index in [0.29, 0.717) is 19.3 Å². The van der Waals surface area contributed by atoms with Crippen molar-refractivity contribution >= 4 is 17.9 Å². The van der Waals surface area contributed by atoms with Crippen LogP contribution in [0.4, 0.5) is 0 Å². The number of carbonyl (C=O) groups is 3. The molecule has 6 nitrogen and oxygen atoms in total. The lowest BCUT2D eigenvalue weighted by molar-refractivity contribution is -0.167. The van der Waals surface area contributed by atoms with Crippen molar-refractivity contribution in [3.63, 3.8) is 0 Å². The topological polar surface area (TPSA) is 78.9 Å². The van der Waals surface area contributed by atoms with E-state index >= 15 is 0 Å². The molecule has 0 aromatic heterocycles. The summed E-state index contributed by atoms with van der Waals surface area (Å²) in [5.74, 6) is -0.839. The molecule has 0 radical (unpaired) electrons. The molecule has 0 aromatic rings. The van der Waals surface area contributed by atoms with Crippen molar-refractivity contribution in [3.8, 4) is 0 Å². The summed E-state index contributed by atoms with van der Waals surface area (Å²) in [6.07, 6.45) is 77.6. The molecule has 0 bridgehead atoms. The molecule has 0 aliphatic rings. The number of hydrogen-bond donors (Lipinski definition) is 0. The van der Waals surface area contributed by atoms with Gasteiger partial charge < -0.3 is 14.2 Å². The van der Waals surface area contributed by atoms with Crippen LogP contribution in [0.1, 0.15) is 380 Å². The molecule has 0 rings (SSSR count). The minimum atomic E-state index is -0.770. The summed E-state index contributed by atoms with van der Waals surface area (Å²) >= 11 is 0. The maximum atomic E-state index is 12.9. The highest BCUT2D eigenvalue weighted by Gasteiger charge is 2.19. The fourth-order valence-electron chi connectivity index (χ4n) is 10.4. The second-order valence-electron chi connectivity index (χ2n) is 23.1. The molecular weight excluding hydrogens is 925 g/mol. The van der Waals surface area contributed by atoms with E-state index in [2.05, 4.69) is 45.1 Å². The van der Waals surface area contributed by atoms with Gasteiger partial charge >= 0.3 is 17.9 Å². The summed E-state index contributed by atoms with van der Waals surface area (Å²) in [7, 11) is 0. The fraction of sp³-hybridized carbons (Fsp3) is 0.899. The van der Waals surface area contributed by atoms with Gasteiger partial charge in [-0.25, -0.2) is 0 Å². The van der Waals surface area contributed by atoms with Gasteiger partial charge in [0, 0.05) is 19.3 Å². The summed E-state index contributed by atoms with van der Waals surface area (Å²) in [5.41, 5.74) is 0. The Hall–Kier alpha value is -2.11. The first-order valence-corrected chi connectivity index (χ1v) is 33.8. The predicted octanol–water partition coefficient (Wildman–Crippen LogP) is 23.0. The van der Waals surface area contributed by atoms with Crippen LogP contribution in [0.3, 0.4) is 0 Å². The second kappa shape index (κ2) is 64.4. The van der Waals surface area contributed by atoms with Gasteiger partial charge in [-0.15, -0.1) is 0 Å². The molecule has 442 valence electrons. The highest BCUT2D eigenvalue weighted by molar-refractivity contribution is 5.71. The molecule has 0 heterocycles. The van der Waals surface area contributed by atoms with Crippen LogP contribution in [0.15, 0.2) is 24.3 Å². The van der Waals surface area contributed by atoms with Crippen LogP contribution < -0.4 is 0 Å². The smallest absolute Gasteiger partial charge is 0.306 e. The minimum absolute atomic E-state index is 0.0664. The summed E-state index contributed by atoms with van der Waals surface area (Å²) in [5, 5.41) is 0. The molecule has 0 aliphatic carbocycles. The lowest BCUT2D eigenvalue weighted by Gasteiger charge is -2.18. The lowest BCUT2D eigenvalue weighted by Crippen LogP contribution is -2.30. The monoisotopic (exact) mass is 1050 g/mol. The van der Waals surface area contributed by atoms with Crippen LogP contribution in [0, 0.1) is 0 Å². The zero-order valence-corrected chi connectivity index (χ0v) is 50.8. The van der Waals surface area contributed by atoms with Crippen LogP contribution in [-0.2, 0) is 28.6 Å². The Morgan fingerprint density at radius 1 is 0.267 bits per heavy atom. The van der Waals surface area contributed by atoms with E-state index in [1.165, 1.54) is 276 Å². The number of unbranched alkanes of at least 4 members (excludes halogenated alkanes) is 48. The molecule has 0 aromatic carbocycles. The predicted molar refractivity (Wildman–Crippen MR) is 326 cm³/mol. The van der Waals surface area contributed by atoms with Crippen molar-refractivity contribution in [2.24, 2.45) is 0 Å². The van der Waals surface area contributed by atoms with E-state index in [4.69, 9.17) is 14.2 Å². The maximum Gasteiger partial charge on any atom is 0.306 e. The second-order valence-corrected chi connectivity index (χ2v) is 23.1. The third-order valence-electron chi connectivity index (χ3n) is 15.5. The Morgan fingerprint density at radius 3 is 0.760 bits per heavy atom. The highest BCUT2D eigenvalue weighted by Crippen LogP contribution is 2.18. The molecule has 0 fully saturated rings. The summed E-state index contributed by atoms with van der Waals surface area (Å²) in [4.78, 5) is 38.4. The van der Waals surface area contributed by atoms with Crippen molar-refractivity contribution in [2.45, 2.75) is 386 Å². The molecular formula is C69H130O6. The molecule has 0 amide bonds. The minimum Gasteiger partial charge on any atom is -0.462 e. The first kappa shape index (κ1) is 72.9. The SMILES string of the molecule is CCCCC/C=C\C/C=C\CCCCCCCCCCCC(=O)OC(COC(=O)CCCCCCCCCCCCCCCCCC)COC(=O)CCCCCCCCCCCCCCCCCCCCCCCC. The van der Waals surface area contributed by atoms with E-state index in [1.54, 1.807) is 0 Å². The Labute approximate surface area is 468 Å².